The predicted molar refractivity (Wildman–Crippen MR) is 75.3 cm³/mol. The van der Waals surface area contributed by atoms with E-state index in [9.17, 15) is 0 Å². The summed E-state index contributed by atoms with van der Waals surface area (Å²) < 4.78 is 0. The number of benzene rings is 1. The normalized spacial score (nSPS) is 10.7. The number of aryl methyl sites for hydroxylation is 2. The molecule has 0 bridgehead atoms. The number of hydrogen-bond acceptors (Lipinski definition) is 3. The van der Waals surface area contributed by atoms with Gasteiger partial charge in [0.15, 0.2) is 5.13 Å². The van der Waals surface area contributed by atoms with E-state index in [0.29, 0.717) is 5.13 Å². The molecule has 17 heavy (non-hydrogen) atoms. The Bertz CT molecular complexity index is 485. The van der Waals surface area contributed by atoms with Crippen LogP contribution in [0.4, 0.5) is 5.13 Å². The number of unbranched alkanes of at least 4 members (excludes halogenated alkanes) is 1. The van der Waals surface area contributed by atoms with Crippen LogP contribution in [0.15, 0.2) is 24.3 Å². The van der Waals surface area contributed by atoms with Crippen molar-refractivity contribution in [2.45, 2.75) is 33.1 Å². The molecule has 3 heteroatoms. The molecular weight excluding hydrogens is 228 g/mol. The lowest BCUT2D eigenvalue weighted by Gasteiger charge is -2.02. The minimum atomic E-state index is 0.646. The molecule has 2 nitrogen and oxygen atoms in total. The van der Waals surface area contributed by atoms with E-state index in [1.807, 2.05) is 0 Å². The molecule has 0 unspecified atom stereocenters. The van der Waals surface area contributed by atoms with Gasteiger partial charge in [0.2, 0.25) is 0 Å². The summed E-state index contributed by atoms with van der Waals surface area (Å²) in [5.74, 6) is 0. The fourth-order valence-electron chi connectivity index (χ4n) is 1.89. The maximum Gasteiger partial charge on any atom is 0.180 e. The standard InChI is InChI=1S/C14H18N2S/c1-3-4-5-11-6-8-12(9-7-11)13-10(2)17-14(15)16-13/h6-9H,3-5H2,1-2H3,(H2,15,16). The van der Waals surface area contributed by atoms with Crippen molar-refractivity contribution in [2.24, 2.45) is 0 Å². The van der Waals surface area contributed by atoms with Gasteiger partial charge in [-0.15, -0.1) is 11.3 Å². The zero-order valence-corrected chi connectivity index (χ0v) is 11.2. The van der Waals surface area contributed by atoms with Gasteiger partial charge < -0.3 is 5.73 Å². The Morgan fingerprint density at radius 3 is 2.47 bits per heavy atom. The van der Waals surface area contributed by atoms with E-state index in [2.05, 4.69) is 43.1 Å². The number of hydrogen-bond donors (Lipinski definition) is 1. The number of nitrogens with two attached hydrogens (primary N) is 1. The third kappa shape index (κ3) is 2.86. The Morgan fingerprint density at radius 1 is 1.24 bits per heavy atom. The summed E-state index contributed by atoms with van der Waals surface area (Å²) in [5, 5.41) is 0.646. The van der Waals surface area contributed by atoms with Crippen LogP contribution in [0.5, 0.6) is 0 Å². The van der Waals surface area contributed by atoms with Crippen molar-refractivity contribution in [1.29, 1.82) is 0 Å². The van der Waals surface area contributed by atoms with E-state index in [-0.39, 0.29) is 0 Å². The lowest BCUT2D eigenvalue weighted by atomic mass is 10.0. The predicted octanol–water partition coefficient (Wildman–Crippen LogP) is 4.04. The summed E-state index contributed by atoms with van der Waals surface area (Å²) in [5.41, 5.74) is 9.30. The van der Waals surface area contributed by atoms with Crippen molar-refractivity contribution < 1.29 is 0 Å². The first-order valence-electron chi connectivity index (χ1n) is 6.03. The smallest absolute Gasteiger partial charge is 0.180 e. The van der Waals surface area contributed by atoms with Crippen molar-refractivity contribution in [3.8, 4) is 11.3 Å². The summed E-state index contributed by atoms with van der Waals surface area (Å²) >= 11 is 1.55. The van der Waals surface area contributed by atoms with Crippen LogP contribution in [0, 0.1) is 6.92 Å². The zero-order valence-electron chi connectivity index (χ0n) is 10.4. The molecule has 0 saturated carbocycles. The lowest BCUT2D eigenvalue weighted by molar-refractivity contribution is 0.795. The number of thiazole rings is 1. The van der Waals surface area contributed by atoms with Crippen LogP contribution < -0.4 is 5.73 Å². The van der Waals surface area contributed by atoms with Gasteiger partial charge in [0.1, 0.15) is 0 Å². The molecule has 1 heterocycles. The Hall–Kier alpha value is -1.35. The third-order valence-electron chi connectivity index (χ3n) is 2.86. The molecule has 0 saturated heterocycles. The first-order valence-corrected chi connectivity index (χ1v) is 6.84. The fourth-order valence-corrected chi connectivity index (χ4v) is 2.61. The molecular formula is C14H18N2S. The lowest BCUT2D eigenvalue weighted by Crippen LogP contribution is -1.87. The molecule has 0 fully saturated rings. The van der Waals surface area contributed by atoms with Crippen LogP contribution in [-0.4, -0.2) is 4.98 Å². The molecule has 1 aromatic heterocycles. The molecule has 90 valence electrons. The van der Waals surface area contributed by atoms with E-state index in [1.165, 1.54) is 23.3 Å². The highest BCUT2D eigenvalue weighted by Gasteiger charge is 2.07. The first kappa shape index (κ1) is 12.1. The minimum absolute atomic E-state index is 0.646. The SMILES string of the molecule is CCCCc1ccc(-c2nc(N)sc2C)cc1. The monoisotopic (exact) mass is 246 g/mol. The second-order valence-electron chi connectivity index (χ2n) is 4.26. The van der Waals surface area contributed by atoms with E-state index in [4.69, 9.17) is 5.73 Å². The van der Waals surface area contributed by atoms with Gasteiger partial charge in [-0.3, -0.25) is 0 Å². The van der Waals surface area contributed by atoms with Crippen LogP contribution in [-0.2, 0) is 6.42 Å². The number of nitrogens with zero attached hydrogens (tertiary/aromatic N) is 1. The van der Waals surface area contributed by atoms with Gasteiger partial charge >= 0.3 is 0 Å². The molecule has 0 spiro atoms. The highest BCUT2D eigenvalue weighted by atomic mass is 32.1. The Labute approximate surface area is 107 Å². The summed E-state index contributed by atoms with van der Waals surface area (Å²) in [7, 11) is 0. The number of anilines is 1. The molecule has 2 rings (SSSR count). The van der Waals surface area contributed by atoms with Crippen LogP contribution in [0.25, 0.3) is 11.3 Å². The molecule has 0 aliphatic carbocycles. The van der Waals surface area contributed by atoms with Gasteiger partial charge in [0.05, 0.1) is 5.69 Å². The van der Waals surface area contributed by atoms with Crippen molar-refractivity contribution in [3.05, 3.63) is 34.7 Å². The average molecular weight is 246 g/mol. The molecule has 0 atom stereocenters. The molecule has 0 aliphatic rings. The Morgan fingerprint density at radius 2 is 1.94 bits per heavy atom. The Kier molecular flexibility index (Phi) is 3.79. The third-order valence-corrected chi connectivity index (χ3v) is 3.66. The zero-order chi connectivity index (χ0) is 12.3. The first-order chi connectivity index (χ1) is 8.20. The second kappa shape index (κ2) is 5.32. The summed E-state index contributed by atoms with van der Waals surface area (Å²) in [6, 6.07) is 8.68. The quantitative estimate of drug-likeness (QED) is 0.884. The summed E-state index contributed by atoms with van der Waals surface area (Å²) in [6.07, 6.45) is 3.65. The van der Waals surface area contributed by atoms with Crippen LogP contribution in [0.3, 0.4) is 0 Å². The maximum atomic E-state index is 5.72. The van der Waals surface area contributed by atoms with Crippen molar-refractivity contribution in [2.75, 3.05) is 5.73 Å². The largest absolute Gasteiger partial charge is 0.375 e. The second-order valence-corrected chi connectivity index (χ2v) is 5.49. The summed E-state index contributed by atoms with van der Waals surface area (Å²) in [4.78, 5) is 5.55. The average Bonchev–Trinajstić information content (AvgIpc) is 2.66. The van der Waals surface area contributed by atoms with Crippen molar-refractivity contribution in [1.82, 2.24) is 4.98 Å². The van der Waals surface area contributed by atoms with E-state index >= 15 is 0 Å². The summed E-state index contributed by atoms with van der Waals surface area (Å²) in [6.45, 7) is 4.28. The van der Waals surface area contributed by atoms with E-state index in [1.54, 1.807) is 11.3 Å². The highest BCUT2D eigenvalue weighted by molar-refractivity contribution is 7.15. The minimum Gasteiger partial charge on any atom is -0.375 e. The molecule has 1 aromatic carbocycles. The molecule has 0 aliphatic heterocycles. The van der Waals surface area contributed by atoms with Crippen LogP contribution >= 0.6 is 11.3 Å². The van der Waals surface area contributed by atoms with E-state index in [0.717, 1.165) is 17.7 Å². The van der Waals surface area contributed by atoms with Crippen LogP contribution in [0.2, 0.25) is 0 Å². The maximum absolute atomic E-state index is 5.72. The van der Waals surface area contributed by atoms with Gasteiger partial charge in [0.25, 0.3) is 0 Å². The topological polar surface area (TPSA) is 38.9 Å². The fraction of sp³-hybridized carbons (Fsp3) is 0.357. The van der Waals surface area contributed by atoms with Crippen molar-refractivity contribution >= 4 is 16.5 Å². The van der Waals surface area contributed by atoms with Gasteiger partial charge in [0, 0.05) is 10.4 Å². The van der Waals surface area contributed by atoms with Crippen molar-refractivity contribution in [3.63, 3.8) is 0 Å². The van der Waals surface area contributed by atoms with E-state index < -0.39 is 0 Å². The van der Waals surface area contributed by atoms with Crippen LogP contribution in [0.1, 0.15) is 30.2 Å². The number of rotatable bonds is 4. The van der Waals surface area contributed by atoms with Gasteiger partial charge in [-0.25, -0.2) is 4.98 Å². The highest BCUT2D eigenvalue weighted by Crippen LogP contribution is 2.28. The number of nitrogen functional groups attached to an aromatic ring is 1. The molecule has 0 radical (unpaired) electrons. The molecule has 2 aromatic rings. The molecule has 0 amide bonds. The van der Waals surface area contributed by atoms with Gasteiger partial charge in [-0.2, -0.15) is 0 Å². The number of aromatic nitrogens is 1. The Balaban J connectivity index is 2.20. The van der Waals surface area contributed by atoms with Gasteiger partial charge in [-0.1, -0.05) is 37.6 Å². The van der Waals surface area contributed by atoms with Gasteiger partial charge in [-0.05, 0) is 25.3 Å². The molecule has 2 N–H and O–H groups in total.